The van der Waals surface area contributed by atoms with Crippen molar-refractivity contribution >= 4 is 11.4 Å². The lowest BCUT2D eigenvalue weighted by atomic mass is 9.93. The summed E-state index contributed by atoms with van der Waals surface area (Å²) < 4.78 is 32.4. The Hall–Kier alpha value is -1.76. The third-order valence-electron chi connectivity index (χ3n) is 3.28. The number of nitrogens with zero attached hydrogens (tertiary/aromatic N) is 1. The first kappa shape index (κ1) is 14.6. The van der Waals surface area contributed by atoms with Gasteiger partial charge in [0.2, 0.25) is 0 Å². The molecule has 0 spiro atoms. The van der Waals surface area contributed by atoms with Gasteiger partial charge in [0, 0.05) is 18.7 Å². The SMILES string of the molecule is CC1(C)CC(Nc2c(F)cc(F)cc2[N+](=O)[O-])CCO1. The van der Waals surface area contributed by atoms with Crippen LogP contribution < -0.4 is 5.32 Å². The smallest absolute Gasteiger partial charge is 0.298 e. The van der Waals surface area contributed by atoms with Crippen LogP contribution in [-0.4, -0.2) is 23.2 Å². The lowest BCUT2D eigenvalue weighted by molar-refractivity contribution is -0.384. The van der Waals surface area contributed by atoms with E-state index in [1.165, 1.54) is 0 Å². The van der Waals surface area contributed by atoms with Gasteiger partial charge in [-0.25, -0.2) is 8.78 Å². The molecule has 110 valence electrons. The first-order chi connectivity index (χ1) is 9.28. The van der Waals surface area contributed by atoms with Crippen LogP contribution in [0.4, 0.5) is 20.2 Å². The highest BCUT2D eigenvalue weighted by molar-refractivity contribution is 5.63. The Morgan fingerprint density at radius 3 is 2.75 bits per heavy atom. The topological polar surface area (TPSA) is 64.4 Å². The highest BCUT2D eigenvalue weighted by Crippen LogP contribution is 2.32. The second kappa shape index (κ2) is 5.32. The molecule has 1 aromatic rings. The highest BCUT2D eigenvalue weighted by atomic mass is 19.1. The lowest BCUT2D eigenvalue weighted by Crippen LogP contribution is -2.40. The average Bonchev–Trinajstić information content (AvgIpc) is 2.30. The summed E-state index contributed by atoms with van der Waals surface area (Å²) >= 11 is 0. The predicted octanol–water partition coefficient (Wildman–Crippen LogP) is 3.24. The summed E-state index contributed by atoms with van der Waals surface area (Å²) in [6.07, 6.45) is 1.19. The van der Waals surface area contributed by atoms with Gasteiger partial charge in [0.05, 0.1) is 16.6 Å². The summed E-state index contributed by atoms with van der Waals surface area (Å²) in [4.78, 5) is 10.1. The zero-order valence-corrected chi connectivity index (χ0v) is 11.3. The molecule has 2 rings (SSSR count). The predicted molar refractivity (Wildman–Crippen MR) is 69.7 cm³/mol. The first-order valence-electron chi connectivity index (χ1n) is 6.32. The zero-order chi connectivity index (χ0) is 14.9. The van der Waals surface area contributed by atoms with Crippen LogP contribution in [0.15, 0.2) is 12.1 Å². The second-order valence-electron chi connectivity index (χ2n) is 5.48. The minimum absolute atomic E-state index is 0.155. The van der Waals surface area contributed by atoms with E-state index in [4.69, 9.17) is 4.74 Å². The Bertz CT molecular complexity index is 535. The molecule has 1 aliphatic heterocycles. The number of hydrogen-bond acceptors (Lipinski definition) is 4. The van der Waals surface area contributed by atoms with Crippen LogP contribution in [0.2, 0.25) is 0 Å². The molecular weight excluding hydrogens is 270 g/mol. The van der Waals surface area contributed by atoms with Crippen LogP contribution in [0, 0.1) is 21.7 Å². The number of nitrogens with one attached hydrogen (secondary N) is 1. The van der Waals surface area contributed by atoms with Crippen LogP contribution in [-0.2, 0) is 4.74 Å². The molecular formula is C13H16F2N2O3. The number of rotatable bonds is 3. The largest absolute Gasteiger partial charge is 0.375 e. The van der Waals surface area contributed by atoms with Gasteiger partial charge < -0.3 is 10.1 Å². The van der Waals surface area contributed by atoms with Crippen LogP contribution in [0.25, 0.3) is 0 Å². The number of nitro benzene ring substituents is 1. The van der Waals surface area contributed by atoms with Crippen molar-refractivity contribution < 1.29 is 18.4 Å². The molecule has 1 atom stereocenters. The Morgan fingerprint density at radius 1 is 1.45 bits per heavy atom. The molecule has 20 heavy (non-hydrogen) atoms. The Balaban J connectivity index is 2.27. The number of benzene rings is 1. The molecule has 7 heteroatoms. The monoisotopic (exact) mass is 286 g/mol. The maximum Gasteiger partial charge on any atom is 0.298 e. The molecule has 0 bridgehead atoms. The van der Waals surface area contributed by atoms with E-state index in [2.05, 4.69) is 5.32 Å². The molecule has 1 unspecified atom stereocenters. The third-order valence-corrected chi connectivity index (χ3v) is 3.28. The van der Waals surface area contributed by atoms with E-state index >= 15 is 0 Å². The van der Waals surface area contributed by atoms with Crippen molar-refractivity contribution in [3.63, 3.8) is 0 Å². The zero-order valence-electron chi connectivity index (χ0n) is 11.3. The van der Waals surface area contributed by atoms with Crippen molar-refractivity contribution in [1.82, 2.24) is 0 Å². The summed E-state index contributed by atoms with van der Waals surface area (Å²) in [6, 6.07) is 1.20. The van der Waals surface area contributed by atoms with Gasteiger partial charge in [-0.2, -0.15) is 0 Å². The summed E-state index contributed by atoms with van der Waals surface area (Å²) in [6.45, 7) is 4.29. The van der Waals surface area contributed by atoms with Gasteiger partial charge in [0.1, 0.15) is 11.5 Å². The fourth-order valence-corrected chi connectivity index (χ4v) is 2.41. The molecule has 0 aromatic heterocycles. The fourth-order valence-electron chi connectivity index (χ4n) is 2.41. The average molecular weight is 286 g/mol. The standard InChI is InChI=1S/C13H16F2N2O3/c1-13(2)7-9(3-4-20-13)16-12-10(15)5-8(14)6-11(12)17(18)19/h5-6,9,16H,3-4,7H2,1-2H3. The van der Waals surface area contributed by atoms with Crippen molar-refractivity contribution in [2.75, 3.05) is 11.9 Å². The van der Waals surface area contributed by atoms with Gasteiger partial charge in [-0.1, -0.05) is 0 Å². The van der Waals surface area contributed by atoms with Crippen molar-refractivity contribution in [1.29, 1.82) is 0 Å². The van der Waals surface area contributed by atoms with E-state index in [-0.39, 0.29) is 17.3 Å². The third kappa shape index (κ3) is 3.22. The molecule has 1 aromatic carbocycles. The number of ether oxygens (including phenoxy) is 1. The van der Waals surface area contributed by atoms with Crippen LogP contribution in [0.3, 0.4) is 0 Å². The molecule has 0 amide bonds. The quantitative estimate of drug-likeness (QED) is 0.684. The molecule has 0 radical (unpaired) electrons. The highest BCUT2D eigenvalue weighted by Gasteiger charge is 2.31. The fraction of sp³-hybridized carbons (Fsp3) is 0.538. The van der Waals surface area contributed by atoms with E-state index in [0.717, 1.165) is 6.07 Å². The molecule has 1 N–H and O–H groups in total. The number of hydrogen-bond donors (Lipinski definition) is 1. The van der Waals surface area contributed by atoms with Crippen molar-refractivity contribution in [2.45, 2.75) is 38.3 Å². The number of halogens is 2. The van der Waals surface area contributed by atoms with Gasteiger partial charge in [-0.15, -0.1) is 0 Å². The Morgan fingerprint density at radius 2 is 2.15 bits per heavy atom. The van der Waals surface area contributed by atoms with Crippen molar-refractivity contribution in [2.24, 2.45) is 0 Å². The van der Waals surface area contributed by atoms with Gasteiger partial charge >= 0.3 is 0 Å². The van der Waals surface area contributed by atoms with E-state index < -0.39 is 22.2 Å². The van der Waals surface area contributed by atoms with Crippen molar-refractivity contribution in [3.05, 3.63) is 33.9 Å². The molecule has 5 nitrogen and oxygen atoms in total. The van der Waals surface area contributed by atoms with E-state index in [0.29, 0.717) is 25.5 Å². The molecule has 1 heterocycles. The second-order valence-corrected chi connectivity index (χ2v) is 5.48. The van der Waals surface area contributed by atoms with Gasteiger partial charge in [0.25, 0.3) is 5.69 Å². The van der Waals surface area contributed by atoms with Gasteiger partial charge in [0.15, 0.2) is 5.82 Å². The first-order valence-corrected chi connectivity index (χ1v) is 6.32. The minimum atomic E-state index is -0.966. The van der Waals surface area contributed by atoms with Crippen LogP contribution >= 0.6 is 0 Å². The van der Waals surface area contributed by atoms with Gasteiger partial charge in [-0.05, 0) is 26.7 Å². The summed E-state index contributed by atoms with van der Waals surface area (Å²) in [5.74, 6) is -1.92. The normalized spacial score (nSPS) is 21.5. The molecule has 1 fully saturated rings. The summed E-state index contributed by atoms with van der Waals surface area (Å²) in [5.41, 5.74) is -1.23. The Labute approximate surface area is 115 Å². The molecule has 0 saturated carbocycles. The summed E-state index contributed by atoms with van der Waals surface area (Å²) in [5, 5.41) is 13.7. The minimum Gasteiger partial charge on any atom is -0.375 e. The van der Waals surface area contributed by atoms with Crippen LogP contribution in [0.5, 0.6) is 0 Å². The van der Waals surface area contributed by atoms with Crippen molar-refractivity contribution in [3.8, 4) is 0 Å². The summed E-state index contributed by atoms with van der Waals surface area (Å²) in [7, 11) is 0. The number of nitro groups is 1. The molecule has 0 aliphatic carbocycles. The van der Waals surface area contributed by atoms with E-state index in [9.17, 15) is 18.9 Å². The van der Waals surface area contributed by atoms with Crippen LogP contribution in [0.1, 0.15) is 26.7 Å². The molecule has 1 saturated heterocycles. The lowest BCUT2D eigenvalue weighted by Gasteiger charge is -2.36. The maximum absolute atomic E-state index is 13.8. The Kier molecular flexibility index (Phi) is 3.89. The molecule has 1 aliphatic rings. The van der Waals surface area contributed by atoms with E-state index in [1.807, 2.05) is 13.8 Å². The van der Waals surface area contributed by atoms with E-state index in [1.54, 1.807) is 0 Å². The maximum atomic E-state index is 13.8. The number of anilines is 1. The van der Waals surface area contributed by atoms with Gasteiger partial charge in [-0.3, -0.25) is 10.1 Å².